The fraction of sp³-hybridized carbons (Fsp3) is 0.353. The zero-order chi connectivity index (χ0) is 17.4. The third-order valence-electron chi connectivity index (χ3n) is 3.27. The van der Waals surface area contributed by atoms with E-state index in [0.29, 0.717) is 42.7 Å². The first-order valence-corrected chi connectivity index (χ1v) is 8.06. The van der Waals surface area contributed by atoms with Gasteiger partial charge in [0.15, 0.2) is 0 Å². The number of hydrogen-bond donors (Lipinski definition) is 1. The molecule has 0 aliphatic rings. The number of ether oxygens (including phenoxy) is 1. The summed E-state index contributed by atoms with van der Waals surface area (Å²) in [5.74, 6) is 0.783. The van der Waals surface area contributed by atoms with Gasteiger partial charge in [0.05, 0.1) is 6.61 Å². The highest BCUT2D eigenvalue weighted by atomic mass is 35.5. The van der Waals surface area contributed by atoms with Crippen LogP contribution in [0.4, 0.5) is 0 Å². The number of carbonyl (C=O) groups is 1. The summed E-state index contributed by atoms with van der Waals surface area (Å²) in [6, 6.07) is 7.17. The van der Waals surface area contributed by atoms with Crippen LogP contribution in [0.2, 0.25) is 5.02 Å². The van der Waals surface area contributed by atoms with E-state index in [4.69, 9.17) is 20.9 Å². The number of hydrogen-bond acceptors (Lipinski definition) is 5. The molecule has 1 atom stereocenters. The number of nitrogens with zero attached hydrogens (tertiary/aromatic N) is 2. The fourth-order valence-electron chi connectivity index (χ4n) is 1.91. The molecule has 0 spiro atoms. The molecule has 1 aromatic carbocycles. The van der Waals surface area contributed by atoms with Gasteiger partial charge < -0.3 is 14.6 Å². The number of aromatic nitrogens is 2. The molecule has 7 heteroatoms. The summed E-state index contributed by atoms with van der Waals surface area (Å²) in [7, 11) is 0. The van der Waals surface area contributed by atoms with Crippen LogP contribution in [0.1, 0.15) is 19.2 Å². The summed E-state index contributed by atoms with van der Waals surface area (Å²) >= 11 is 5.85. The van der Waals surface area contributed by atoms with Crippen molar-refractivity contribution in [3.8, 4) is 11.4 Å². The van der Waals surface area contributed by atoms with Crippen molar-refractivity contribution in [3.05, 3.63) is 47.8 Å². The van der Waals surface area contributed by atoms with Crippen LogP contribution in [0.15, 0.2) is 41.4 Å². The molecule has 0 bridgehead atoms. The van der Waals surface area contributed by atoms with E-state index in [-0.39, 0.29) is 5.91 Å². The first kappa shape index (κ1) is 18.2. The maximum Gasteiger partial charge on any atom is 0.248 e. The molecule has 1 aromatic heterocycles. The number of benzene rings is 1. The van der Waals surface area contributed by atoms with Crippen molar-refractivity contribution >= 4 is 17.5 Å². The van der Waals surface area contributed by atoms with Gasteiger partial charge >= 0.3 is 0 Å². The molecular weight excluding hydrogens is 330 g/mol. The Bertz CT molecular complexity index is 670. The van der Waals surface area contributed by atoms with E-state index in [1.165, 1.54) is 0 Å². The van der Waals surface area contributed by atoms with E-state index in [1.54, 1.807) is 25.1 Å². The third kappa shape index (κ3) is 5.47. The van der Waals surface area contributed by atoms with Gasteiger partial charge in [0.2, 0.25) is 17.6 Å². The smallest absolute Gasteiger partial charge is 0.248 e. The number of nitrogens with one attached hydrogen (secondary N) is 1. The lowest BCUT2D eigenvalue weighted by atomic mass is 10.2. The Morgan fingerprint density at radius 2 is 2.21 bits per heavy atom. The second-order valence-electron chi connectivity index (χ2n) is 5.15. The molecule has 1 amide bonds. The topological polar surface area (TPSA) is 77.2 Å². The van der Waals surface area contributed by atoms with Crippen LogP contribution in [0.5, 0.6) is 0 Å². The molecule has 1 heterocycles. The molecule has 0 fully saturated rings. The Labute approximate surface area is 145 Å². The van der Waals surface area contributed by atoms with Gasteiger partial charge in [-0.3, -0.25) is 4.79 Å². The van der Waals surface area contributed by atoms with Gasteiger partial charge in [-0.1, -0.05) is 22.8 Å². The van der Waals surface area contributed by atoms with Crippen LogP contribution in [0, 0.1) is 0 Å². The van der Waals surface area contributed by atoms with Crippen molar-refractivity contribution in [2.24, 2.45) is 0 Å². The van der Waals surface area contributed by atoms with E-state index < -0.39 is 6.10 Å². The third-order valence-corrected chi connectivity index (χ3v) is 3.52. The lowest BCUT2D eigenvalue weighted by Crippen LogP contribution is -2.35. The van der Waals surface area contributed by atoms with Crippen molar-refractivity contribution in [2.45, 2.75) is 25.9 Å². The van der Waals surface area contributed by atoms with Crippen molar-refractivity contribution in [2.75, 3.05) is 13.2 Å². The summed E-state index contributed by atoms with van der Waals surface area (Å²) in [4.78, 5) is 16.1. The molecule has 6 nitrogen and oxygen atoms in total. The second kappa shape index (κ2) is 9.20. The van der Waals surface area contributed by atoms with Gasteiger partial charge in [-0.15, -0.1) is 6.58 Å². The zero-order valence-corrected chi connectivity index (χ0v) is 14.3. The number of halogens is 1. The lowest BCUT2D eigenvalue weighted by molar-refractivity contribution is -0.131. The highest BCUT2D eigenvalue weighted by Crippen LogP contribution is 2.18. The maximum absolute atomic E-state index is 11.8. The SMILES string of the molecule is C=CCCO[C@H](C)C(=O)NCCc1nc(-c2ccc(Cl)cc2)no1. The van der Waals surface area contributed by atoms with Gasteiger partial charge in [0.1, 0.15) is 6.10 Å². The van der Waals surface area contributed by atoms with Crippen LogP contribution in [-0.2, 0) is 16.0 Å². The molecule has 0 saturated heterocycles. The summed E-state index contributed by atoms with van der Waals surface area (Å²) in [6.07, 6.45) is 2.41. The van der Waals surface area contributed by atoms with Gasteiger partial charge in [-0.25, -0.2) is 0 Å². The molecule has 1 N–H and O–H groups in total. The van der Waals surface area contributed by atoms with E-state index in [9.17, 15) is 4.79 Å². The summed E-state index contributed by atoms with van der Waals surface area (Å²) in [5.41, 5.74) is 0.822. The van der Waals surface area contributed by atoms with Crippen molar-refractivity contribution in [1.82, 2.24) is 15.5 Å². The summed E-state index contributed by atoms with van der Waals surface area (Å²) in [5, 5.41) is 7.35. The first-order valence-electron chi connectivity index (χ1n) is 7.69. The Hall–Kier alpha value is -2.18. The number of carbonyl (C=O) groups excluding carboxylic acids is 1. The van der Waals surface area contributed by atoms with E-state index >= 15 is 0 Å². The molecule has 128 valence electrons. The Balaban J connectivity index is 1.78. The van der Waals surface area contributed by atoms with Crippen LogP contribution < -0.4 is 5.32 Å². The molecule has 2 rings (SSSR count). The van der Waals surface area contributed by atoms with Crippen LogP contribution in [-0.4, -0.2) is 35.3 Å². The predicted octanol–water partition coefficient (Wildman–Crippen LogP) is 3.03. The average molecular weight is 350 g/mol. The fourth-order valence-corrected chi connectivity index (χ4v) is 2.04. The number of rotatable bonds is 9. The Morgan fingerprint density at radius 1 is 1.46 bits per heavy atom. The van der Waals surface area contributed by atoms with Gasteiger partial charge in [-0.05, 0) is 37.6 Å². The monoisotopic (exact) mass is 349 g/mol. The van der Waals surface area contributed by atoms with Gasteiger partial charge in [0, 0.05) is 23.6 Å². The predicted molar refractivity (Wildman–Crippen MR) is 91.7 cm³/mol. The molecule has 0 unspecified atom stereocenters. The first-order chi connectivity index (χ1) is 11.6. The average Bonchev–Trinajstić information content (AvgIpc) is 3.04. The highest BCUT2D eigenvalue weighted by Gasteiger charge is 2.13. The Kier molecular flexibility index (Phi) is 6.96. The zero-order valence-electron chi connectivity index (χ0n) is 13.5. The molecule has 0 aliphatic heterocycles. The molecule has 0 aliphatic carbocycles. The van der Waals surface area contributed by atoms with Crippen LogP contribution in [0.3, 0.4) is 0 Å². The molecule has 0 saturated carbocycles. The van der Waals surface area contributed by atoms with Crippen LogP contribution in [0.25, 0.3) is 11.4 Å². The van der Waals surface area contributed by atoms with Crippen molar-refractivity contribution in [3.63, 3.8) is 0 Å². The Morgan fingerprint density at radius 3 is 2.92 bits per heavy atom. The highest BCUT2D eigenvalue weighted by molar-refractivity contribution is 6.30. The van der Waals surface area contributed by atoms with Crippen molar-refractivity contribution in [1.29, 1.82) is 0 Å². The molecule has 0 radical (unpaired) electrons. The minimum atomic E-state index is -0.503. The van der Waals surface area contributed by atoms with Gasteiger partial charge in [-0.2, -0.15) is 4.98 Å². The normalized spacial score (nSPS) is 11.9. The molecule has 24 heavy (non-hydrogen) atoms. The minimum Gasteiger partial charge on any atom is -0.368 e. The summed E-state index contributed by atoms with van der Waals surface area (Å²) in [6.45, 7) is 6.19. The van der Waals surface area contributed by atoms with E-state index in [2.05, 4.69) is 22.0 Å². The minimum absolute atomic E-state index is 0.170. The van der Waals surface area contributed by atoms with E-state index in [1.807, 2.05) is 12.1 Å². The standard InChI is InChI=1S/C17H20ClN3O3/c1-3-4-11-23-12(2)17(22)19-10-9-15-20-16(21-24-15)13-5-7-14(18)8-6-13/h3,5-8,12H,1,4,9-11H2,2H3,(H,19,22)/t12-/m1/s1. The lowest BCUT2D eigenvalue weighted by Gasteiger charge is -2.12. The maximum atomic E-state index is 11.8. The molecular formula is C17H20ClN3O3. The number of amides is 1. The van der Waals surface area contributed by atoms with Gasteiger partial charge in [0.25, 0.3) is 0 Å². The summed E-state index contributed by atoms with van der Waals surface area (Å²) < 4.78 is 10.6. The molecule has 2 aromatic rings. The van der Waals surface area contributed by atoms with E-state index in [0.717, 1.165) is 5.56 Å². The van der Waals surface area contributed by atoms with Crippen LogP contribution >= 0.6 is 11.6 Å². The second-order valence-corrected chi connectivity index (χ2v) is 5.59. The van der Waals surface area contributed by atoms with Crippen molar-refractivity contribution < 1.29 is 14.1 Å². The quantitative estimate of drug-likeness (QED) is 0.556. The largest absolute Gasteiger partial charge is 0.368 e.